The van der Waals surface area contributed by atoms with Gasteiger partial charge in [-0.3, -0.25) is 4.79 Å². The molecule has 0 saturated heterocycles. The SMILES string of the molecule is CC(C)C(NCc1ccsc1C(=O)O)C(N)=O. The Morgan fingerprint density at radius 3 is 2.65 bits per heavy atom. The second kappa shape index (κ2) is 5.79. The zero-order chi connectivity index (χ0) is 13.0. The van der Waals surface area contributed by atoms with Crippen LogP contribution in [0.2, 0.25) is 0 Å². The van der Waals surface area contributed by atoms with Crippen LogP contribution in [0.15, 0.2) is 11.4 Å². The van der Waals surface area contributed by atoms with Crippen LogP contribution in [0.1, 0.15) is 29.1 Å². The van der Waals surface area contributed by atoms with Crippen LogP contribution in [0.4, 0.5) is 0 Å². The van der Waals surface area contributed by atoms with E-state index in [1.54, 1.807) is 11.4 Å². The zero-order valence-electron chi connectivity index (χ0n) is 9.77. The minimum absolute atomic E-state index is 0.0689. The van der Waals surface area contributed by atoms with E-state index in [2.05, 4.69) is 5.32 Å². The number of thiophene rings is 1. The first-order valence-corrected chi connectivity index (χ1v) is 6.13. The summed E-state index contributed by atoms with van der Waals surface area (Å²) in [5, 5.41) is 13.6. The van der Waals surface area contributed by atoms with E-state index in [1.165, 1.54) is 11.3 Å². The van der Waals surface area contributed by atoms with Crippen molar-refractivity contribution < 1.29 is 14.7 Å². The summed E-state index contributed by atoms with van der Waals surface area (Å²) in [6, 6.07) is 1.29. The number of amides is 1. The molecule has 0 bridgehead atoms. The van der Waals surface area contributed by atoms with Crippen LogP contribution < -0.4 is 11.1 Å². The Bertz CT molecular complexity index is 415. The maximum Gasteiger partial charge on any atom is 0.346 e. The van der Waals surface area contributed by atoms with Crippen LogP contribution in [-0.2, 0) is 11.3 Å². The minimum atomic E-state index is -0.947. The molecule has 1 aromatic rings. The van der Waals surface area contributed by atoms with Gasteiger partial charge in [0.2, 0.25) is 5.91 Å². The number of aromatic carboxylic acids is 1. The standard InChI is InChI=1S/C11H16N2O3S/c1-6(2)8(10(12)14)13-5-7-3-4-17-9(7)11(15)16/h3-4,6,8,13H,5H2,1-2H3,(H2,12,14)(H,15,16). The van der Waals surface area contributed by atoms with Crippen molar-refractivity contribution in [1.82, 2.24) is 5.32 Å². The van der Waals surface area contributed by atoms with Crippen LogP contribution in [0, 0.1) is 5.92 Å². The summed E-state index contributed by atoms with van der Waals surface area (Å²) in [6.45, 7) is 4.10. The third-order valence-corrected chi connectivity index (χ3v) is 3.37. The van der Waals surface area contributed by atoms with Crippen molar-refractivity contribution in [3.8, 4) is 0 Å². The molecule has 6 heteroatoms. The van der Waals surface area contributed by atoms with E-state index in [0.717, 1.165) is 0 Å². The quantitative estimate of drug-likeness (QED) is 0.709. The third kappa shape index (κ3) is 3.54. The second-order valence-electron chi connectivity index (χ2n) is 4.09. The summed E-state index contributed by atoms with van der Waals surface area (Å²) in [5.74, 6) is -1.30. The smallest absolute Gasteiger partial charge is 0.346 e. The molecule has 0 aromatic carbocycles. The summed E-state index contributed by atoms with van der Waals surface area (Å²) >= 11 is 1.17. The Balaban J connectivity index is 2.69. The molecular weight excluding hydrogens is 240 g/mol. The molecule has 1 atom stereocenters. The fraction of sp³-hybridized carbons (Fsp3) is 0.455. The van der Waals surface area contributed by atoms with E-state index in [9.17, 15) is 9.59 Å². The number of carboxylic acid groups (broad SMARTS) is 1. The van der Waals surface area contributed by atoms with Crippen molar-refractivity contribution in [2.24, 2.45) is 11.7 Å². The highest BCUT2D eigenvalue weighted by Gasteiger charge is 2.20. The van der Waals surface area contributed by atoms with Gasteiger partial charge in [0.15, 0.2) is 0 Å². The lowest BCUT2D eigenvalue weighted by atomic mass is 10.0. The molecule has 1 aromatic heterocycles. The largest absolute Gasteiger partial charge is 0.477 e. The number of nitrogens with two attached hydrogens (primary N) is 1. The summed E-state index contributed by atoms with van der Waals surface area (Å²) < 4.78 is 0. The van der Waals surface area contributed by atoms with Crippen molar-refractivity contribution in [3.05, 3.63) is 21.9 Å². The molecular formula is C11H16N2O3S. The number of carbonyl (C=O) groups excluding carboxylic acids is 1. The van der Waals surface area contributed by atoms with Crippen molar-refractivity contribution in [2.75, 3.05) is 0 Å². The van der Waals surface area contributed by atoms with E-state index < -0.39 is 17.9 Å². The number of hydrogen-bond donors (Lipinski definition) is 3. The third-order valence-electron chi connectivity index (χ3n) is 2.43. The van der Waals surface area contributed by atoms with Gasteiger partial charge in [0.25, 0.3) is 0 Å². The van der Waals surface area contributed by atoms with Crippen molar-refractivity contribution in [2.45, 2.75) is 26.4 Å². The van der Waals surface area contributed by atoms with Crippen LogP contribution in [0.5, 0.6) is 0 Å². The first-order chi connectivity index (χ1) is 7.93. The minimum Gasteiger partial charge on any atom is -0.477 e. The molecule has 4 N–H and O–H groups in total. The lowest BCUT2D eigenvalue weighted by Gasteiger charge is -2.18. The molecule has 1 rings (SSSR count). The molecule has 17 heavy (non-hydrogen) atoms. The number of primary amides is 1. The maximum atomic E-state index is 11.2. The van der Waals surface area contributed by atoms with Crippen molar-refractivity contribution in [1.29, 1.82) is 0 Å². The lowest BCUT2D eigenvalue weighted by molar-refractivity contribution is -0.121. The topological polar surface area (TPSA) is 92.4 Å². The molecule has 1 heterocycles. The molecule has 0 aliphatic heterocycles. The summed E-state index contributed by atoms with van der Waals surface area (Å²) in [4.78, 5) is 22.3. The zero-order valence-corrected chi connectivity index (χ0v) is 10.6. The number of nitrogens with one attached hydrogen (secondary N) is 1. The molecule has 0 saturated carbocycles. The van der Waals surface area contributed by atoms with Gasteiger partial charge in [0.1, 0.15) is 4.88 Å². The first-order valence-electron chi connectivity index (χ1n) is 5.25. The Morgan fingerprint density at radius 2 is 2.18 bits per heavy atom. The van der Waals surface area contributed by atoms with Gasteiger partial charge in [-0.2, -0.15) is 0 Å². The van der Waals surface area contributed by atoms with Crippen LogP contribution >= 0.6 is 11.3 Å². The normalized spacial score (nSPS) is 12.6. The summed E-state index contributed by atoms with van der Waals surface area (Å²) in [7, 11) is 0. The molecule has 5 nitrogen and oxygen atoms in total. The monoisotopic (exact) mass is 256 g/mol. The lowest BCUT2D eigenvalue weighted by Crippen LogP contribution is -2.44. The molecule has 0 spiro atoms. The average Bonchev–Trinajstić information content (AvgIpc) is 2.64. The molecule has 0 aliphatic rings. The Hall–Kier alpha value is -1.40. The number of carboxylic acids is 1. The fourth-order valence-corrected chi connectivity index (χ4v) is 2.31. The highest BCUT2D eigenvalue weighted by atomic mass is 32.1. The average molecular weight is 256 g/mol. The Kier molecular flexibility index (Phi) is 4.65. The van der Waals surface area contributed by atoms with Crippen molar-refractivity contribution in [3.63, 3.8) is 0 Å². The predicted octanol–water partition coefficient (Wildman–Crippen LogP) is 1.05. The van der Waals surface area contributed by atoms with E-state index in [4.69, 9.17) is 10.8 Å². The van der Waals surface area contributed by atoms with E-state index in [1.807, 2.05) is 13.8 Å². The van der Waals surface area contributed by atoms with Gasteiger partial charge < -0.3 is 16.2 Å². The van der Waals surface area contributed by atoms with Crippen LogP contribution in [0.3, 0.4) is 0 Å². The summed E-state index contributed by atoms with van der Waals surface area (Å²) in [6.07, 6.45) is 0. The van der Waals surface area contributed by atoms with Crippen molar-refractivity contribution >= 4 is 23.2 Å². The first kappa shape index (κ1) is 13.7. The van der Waals surface area contributed by atoms with Gasteiger partial charge in [0.05, 0.1) is 6.04 Å². The maximum absolute atomic E-state index is 11.2. The highest BCUT2D eigenvalue weighted by Crippen LogP contribution is 2.17. The van der Waals surface area contributed by atoms with Crippen LogP contribution in [-0.4, -0.2) is 23.0 Å². The summed E-state index contributed by atoms with van der Waals surface area (Å²) in [5.41, 5.74) is 5.94. The van der Waals surface area contributed by atoms with E-state index in [-0.39, 0.29) is 5.92 Å². The molecule has 1 unspecified atom stereocenters. The number of carbonyl (C=O) groups is 2. The number of rotatable bonds is 6. The van der Waals surface area contributed by atoms with Gasteiger partial charge in [-0.05, 0) is 22.9 Å². The number of hydrogen-bond acceptors (Lipinski definition) is 4. The van der Waals surface area contributed by atoms with Crippen LogP contribution in [0.25, 0.3) is 0 Å². The second-order valence-corrected chi connectivity index (χ2v) is 5.00. The van der Waals surface area contributed by atoms with Gasteiger partial charge in [-0.15, -0.1) is 11.3 Å². The van der Waals surface area contributed by atoms with Gasteiger partial charge in [-0.25, -0.2) is 4.79 Å². The Morgan fingerprint density at radius 1 is 1.53 bits per heavy atom. The Labute approximate surface area is 104 Å². The van der Waals surface area contributed by atoms with Gasteiger partial charge >= 0.3 is 5.97 Å². The molecule has 94 valence electrons. The molecule has 1 amide bonds. The molecule has 0 aliphatic carbocycles. The van der Waals surface area contributed by atoms with E-state index in [0.29, 0.717) is 17.0 Å². The predicted molar refractivity (Wildman–Crippen MR) is 65.9 cm³/mol. The molecule has 0 fully saturated rings. The van der Waals surface area contributed by atoms with E-state index >= 15 is 0 Å². The fourth-order valence-electron chi connectivity index (χ4n) is 1.55. The van der Waals surface area contributed by atoms with Gasteiger partial charge in [-0.1, -0.05) is 13.8 Å². The molecule has 0 radical (unpaired) electrons. The highest BCUT2D eigenvalue weighted by molar-refractivity contribution is 7.12. The van der Waals surface area contributed by atoms with Gasteiger partial charge in [0, 0.05) is 6.54 Å².